The van der Waals surface area contributed by atoms with E-state index in [0.29, 0.717) is 12.4 Å². The first-order valence-corrected chi connectivity index (χ1v) is 9.76. The Balaban J connectivity index is 1.52. The van der Waals surface area contributed by atoms with E-state index >= 15 is 0 Å². The monoisotopic (exact) mass is 348 g/mol. The van der Waals surface area contributed by atoms with E-state index in [9.17, 15) is 4.21 Å². The fourth-order valence-corrected chi connectivity index (χ4v) is 3.89. The second-order valence-electron chi connectivity index (χ2n) is 5.91. The fourth-order valence-electron chi connectivity index (χ4n) is 2.77. The molecule has 2 aromatic rings. The lowest BCUT2D eigenvalue weighted by Crippen LogP contribution is -2.40. The minimum absolute atomic E-state index is 0.106. The number of aromatic amines is 1. The number of benzene rings is 1. The molecular formula is C17H24N4O2S. The molecule has 0 spiro atoms. The van der Waals surface area contributed by atoms with Gasteiger partial charge in [-0.1, -0.05) is 25.1 Å². The summed E-state index contributed by atoms with van der Waals surface area (Å²) >= 11 is 0. The van der Waals surface area contributed by atoms with Crippen LogP contribution in [0.4, 0.5) is 0 Å². The number of morpholine rings is 1. The van der Waals surface area contributed by atoms with E-state index < -0.39 is 10.8 Å². The van der Waals surface area contributed by atoms with Gasteiger partial charge in [-0.3, -0.25) is 14.2 Å². The number of H-pyrrole nitrogens is 1. The molecule has 2 atom stereocenters. The van der Waals surface area contributed by atoms with E-state index in [-0.39, 0.29) is 6.10 Å². The second-order valence-corrected chi connectivity index (χ2v) is 7.48. The number of hydrogen-bond donors (Lipinski definition) is 1. The van der Waals surface area contributed by atoms with Gasteiger partial charge >= 0.3 is 0 Å². The molecule has 1 N–H and O–H groups in total. The van der Waals surface area contributed by atoms with E-state index in [0.717, 1.165) is 49.0 Å². The summed E-state index contributed by atoms with van der Waals surface area (Å²) in [6.45, 7) is 5.16. The first-order valence-electron chi connectivity index (χ1n) is 8.45. The highest BCUT2D eigenvalue weighted by Gasteiger charge is 2.25. The SMILES string of the molecule is CCCc1nc(C2CN(CCS(=O)c3ccccc3)CCO2)n[nH]1. The number of aromatic nitrogens is 3. The lowest BCUT2D eigenvalue weighted by Gasteiger charge is -2.31. The second kappa shape index (κ2) is 8.50. The van der Waals surface area contributed by atoms with E-state index in [2.05, 4.69) is 27.0 Å². The van der Waals surface area contributed by atoms with Crippen molar-refractivity contribution in [2.75, 3.05) is 32.0 Å². The Morgan fingerprint density at radius 1 is 1.38 bits per heavy atom. The molecule has 24 heavy (non-hydrogen) atoms. The molecule has 0 bridgehead atoms. The van der Waals surface area contributed by atoms with Crippen molar-refractivity contribution in [3.05, 3.63) is 42.0 Å². The molecule has 0 aliphatic carbocycles. The van der Waals surface area contributed by atoms with Gasteiger partial charge in [-0.2, -0.15) is 5.10 Å². The summed E-state index contributed by atoms with van der Waals surface area (Å²) in [6, 6.07) is 9.63. The molecule has 0 saturated carbocycles. The Kier molecular flexibility index (Phi) is 6.12. The molecule has 2 unspecified atom stereocenters. The van der Waals surface area contributed by atoms with Crippen molar-refractivity contribution in [2.24, 2.45) is 0 Å². The normalized spacial score (nSPS) is 20.1. The highest BCUT2D eigenvalue weighted by molar-refractivity contribution is 7.85. The van der Waals surface area contributed by atoms with E-state index in [4.69, 9.17) is 4.74 Å². The van der Waals surface area contributed by atoms with Gasteiger partial charge in [0.05, 0.1) is 17.4 Å². The lowest BCUT2D eigenvalue weighted by molar-refractivity contribution is -0.0321. The average Bonchev–Trinajstić information content (AvgIpc) is 3.10. The Labute approximate surface area is 145 Å². The third-order valence-electron chi connectivity index (χ3n) is 4.07. The first kappa shape index (κ1) is 17.3. The van der Waals surface area contributed by atoms with Crippen LogP contribution in [0, 0.1) is 0 Å². The topological polar surface area (TPSA) is 71.1 Å². The molecule has 7 heteroatoms. The molecule has 0 amide bonds. The molecule has 1 fully saturated rings. The Morgan fingerprint density at radius 2 is 2.21 bits per heavy atom. The lowest BCUT2D eigenvalue weighted by atomic mass is 10.2. The standard InChI is InChI=1S/C17H24N4O2S/c1-2-6-16-18-17(20-19-16)15-13-21(9-11-23-15)10-12-24(22)14-7-4-3-5-8-14/h3-5,7-8,15H,2,6,9-13H2,1H3,(H,18,19,20). The van der Waals surface area contributed by atoms with Crippen molar-refractivity contribution < 1.29 is 8.95 Å². The summed E-state index contributed by atoms with van der Waals surface area (Å²) in [5, 5.41) is 7.27. The molecule has 1 aromatic heterocycles. The van der Waals surface area contributed by atoms with Crippen LogP contribution in [0.25, 0.3) is 0 Å². The van der Waals surface area contributed by atoms with Crippen molar-refractivity contribution >= 4 is 10.8 Å². The van der Waals surface area contributed by atoms with Gasteiger partial charge < -0.3 is 4.74 Å². The van der Waals surface area contributed by atoms with E-state index in [1.54, 1.807) is 0 Å². The summed E-state index contributed by atoms with van der Waals surface area (Å²) in [5.41, 5.74) is 0. The Hall–Kier alpha value is -1.57. The van der Waals surface area contributed by atoms with Gasteiger partial charge in [-0.15, -0.1) is 0 Å². The number of rotatable bonds is 7. The van der Waals surface area contributed by atoms with Gasteiger partial charge in [-0.05, 0) is 18.6 Å². The number of nitrogens with zero attached hydrogens (tertiary/aromatic N) is 3. The smallest absolute Gasteiger partial charge is 0.180 e. The summed E-state index contributed by atoms with van der Waals surface area (Å²) < 4.78 is 18.2. The molecule has 0 radical (unpaired) electrons. The van der Waals surface area contributed by atoms with Crippen molar-refractivity contribution in [1.82, 2.24) is 20.1 Å². The maximum atomic E-state index is 12.3. The number of aryl methyl sites for hydroxylation is 1. The highest BCUT2D eigenvalue weighted by atomic mass is 32.2. The van der Waals surface area contributed by atoms with Crippen LogP contribution in [-0.4, -0.2) is 56.3 Å². The van der Waals surface area contributed by atoms with Gasteiger partial charge in [0.1, 0.15) is 11.9 Å². The van der Waals surface area contributed by atoms with Crippen LogP contribution >= 0.6 is 0 Å². The van der Waals surface area contributed by atoms with Gasteiger partial charge in [-0.25, -0.2) is 4.98 Å². The van der Waals surface area contributed by atoms with Gasteiger partial charge in [0.2, 0.25) is 0 Å². The largest absolute Gasteiger partial charge is 0.367 e. The van der Waals surface area contributed by atoms with Crippen LogP contribution in [0.2, 0.25) is 0 Å². The zero-order valence-electron chi connectivity index (χ0n) is 14.0. The summed E-state index contributed by atoms with van der Waals surface area (Å²) in [6.07, 6.45) is 1.84. The van der Waals surface area contributed by atoms with Crippen LogP contribution in [0.15, 0.2) is 35.2 Å². The molecule has 2 heterocycles. The van der Waals surface area contributed by atoms with E-state index in [1.807, 2.05) is 30.3 Å². The van der Waals surface area contributed by atoms with Crippen LogP contribution in [0.1, 0.15) is 31.1 Å². The predicted molar refractivity (Wildman–Crippen MR) is 93.2 cm³/mol. The molecule has 6 nitrogen and oxygen atoms in total. The molecule has 130 valence electrons. The maximum absolute atomic E-state index is 12.3. The van der Waals surface area contributed by atoms with Crippen molar-refractivity contribution in [1.29, 1.82) is 0 Å². The summed E-state index contributed by atoms with van der Waals surface area (Å²) in [7, 11) is -0.959. The molecule has 1 aliphatic heterocycles. The van der Waals surface area contributed by atoms with Gasteiger partial charge in [0.15, 0.2) is 5.82 Å². The van der Waals surface area contributed by atoms with Crippen LogP contribution in [-0.2, 0) is 22.0 Å². The molecule has 1 saturated heterocycles. The Bertz CT molecular complexity index is 662. The van der Waals surface area contributed by atoms with Crippen molar-refractivity contribution in [3.63, 3.8) is 0 Å². The van der Waals surface area contributed by atoms with E-state index in [1.165, 1.54) is 0 Å². The molecule has 3 rings (SSSR count). The maximum Gasteiger partial charge on any atom is 0.180 e. The van der Waals surface area contributed by atoms with Crippen LogP contribution in [0.3, 0.4) is 0 Å². The van der Waals surface area contributed by atoms with Gasteiger partial charge in [0.25, 0.3) is 0 Å². The zero-order valence-corrected chi connectivity index (χ0v) is 14.8. The molecule has 1 aliphatic rings. The first-order chi connectivity index (χ1) is 11.8. The third kappa shape index (κ3) is 4.49. The number of hydrogen-bond acceptors (Lipinski definition) is 5. The van der Waals surface area contributed by atoms with Crippen LogP contribution < -0.4 is 0 Å². The number of nitrogens with one attached hydrogen (secondary N) is 1. The average molecular weight is 348 g/mol. The van der Waals surface area contributed by atoms with Crippen LogP contribution in [0.5, 0.6) is 0 Å². The third-order valence-corrected chi connectivity index (χ3v) is 5.42. The summed E-state index contributed by atoms with van der Waals surface area (Å²) in [5.74, 6) is 2.27. The molecular weight excluding hydrogens is 324 g/mol. The summed E-state index contributed by atoms with van der Waals surface area (Å²) in [4.78, 5) is 7.69. The zero-order chi connectivity index (χ0) is 16.8. The fraction of sp³-hybridized carbons (Fsp3) is 0.529. The number of ether oxygens (including phenoxy) is 1. The van der Waals surface area contributed by atoms with Crippen molar-refractivity contribution in [3.8, 4) is 0 Å². The quantitative estimate of drug-likeness (QED) is 0.828. The Morgan fingerprint density at radius 3 is 3.00 bits per heavy atom. The van der Waals surface area contributed by atoms with Gasteiger partial charge in [0, 0.05) is 36.7 Å². The predicted octanol–water partition coefficient (Wildman–Crippen LogP) is 1.94. The van der Waals surface area contributed by atoms with Crippen molar-refractivity contribution in [2.45, 2.75) is 30.8 Å². The highest BCUT2D eigenvalue weighted by Crippen LogP contribution is 2.19. The minimum atomic E-state index is -0.959. The minimum Gasteiger partial charge on any atom is -0.367 e. The molecule has 1 aromatic carbocycles.